The van der Waals surface area contributed by atoms with E-state index in [2.05, 4.69) is 25.7 Å². The monoisotopic (exact) mass is 226 g/mol. The smallest absolute Gasteiger partial charge is 0.226 e. The van der Waals surface area contributed by atoms with Gasteiger partial charge in [-0.15, -0.1) is 0 Å². The van der Waals surface area contributed by atoms with E-state index in [1.165, 1.54) is 0 Å². The van der Waals surface area contributed by atoms with Gasteiger partial charge in [0.2, 0.25) is 5.91 Å². The Kier molecular flexibility index (Phi) is 4.36. The molecule has 0 aromatic heterocycles. The van der Waals surface area contributed by atoms with Gasteiger partial charge in [0, 0.05) is 25.0 Å². The molecular formula is C13H26N2O. The van der Waals surface area contributed by atoms with Crippen molar-refractivity contribution in [2.45, 2.75) is 53.0 Å². The standard InChI is InChI=1S/C13H26N2O/c1-10(9-14)12(16)15-7-5-6-11(15)8-13(2,3)4/h10-11H,5-9,14H2,1-4H3. The van der Waals surface area contributed by atoms with Crippen molar-refractivity contribution in [2.75, 3.05) is 13.1 Å². The highest BCUT2D eigenvalue weighted by Crippen LogP contribution is 2.30. The Morgan fingerprint density at radius 3 is 2.62 bits per heavy atom. The van der Waals surface area contributed by atoms with Gasteiger partial charge in [0.25, 0.3) is 0 Å². The maximum absolute atomic E-state index is 12.1. The maximum Gasteiger partial charge on any atom is 0.226 e. The molecule has 2 unspecified atom stereocenters. The lowest BCUT2D eigenvalue weighted by atomic mass is 9.87. The molecule has 1 rings (SSSR count). The summed E-state index contributed by atoms with van der Waals surface area (Å²) in [6.07, 6.45) is 3.39. The molecule has 2 N–H and O–H groups in total. The fraction of sp³-hybridized carbons (Fsp3) is 0.923. The summed E-state index contributed by atoms with van der Waals surface area (Å²) >= 11 is 0. The van der Waals surface area contributed by atoms with E-state index in [1.54, 1.807) is 0 Å². The molecule has 1 fully saturated rings. The molecule has 0 radical (unpaired) electrons. The first-order valence-corrected chi connectivity index (χ1v) is 6.35. The number of hydrogen-bond donors (Lipinski definition) is 1. The van der Waals surface area contributed by atoms with Crippen molar-refractivity contribution >= 4 is 5.91 Å². The Balaban J connectivity index is 2.62. The Bertz CT molecular complexity index is 245. The van der Waals surface area contributed by atoms with Crippen molar-refractivity contribution in [3.05, 3.63) is 0 Å². The summed E-state index contributed by atoms with van der Waals surface area (Å²) < 4.78 is 0. The SMILES string of the molecule is CC(CN)C(=O)N1CCCC1CC(C)(C)C. The molecule has 3 heteroatoms. The largest absolute Gasteiger partial charge is 0.339 e. The van der Waals surface area contributed by atoms with Gasteiger partial charge < -0.3 is 10.6 Å². The molecule has 1 saturated heterocycles. The second kappa shape index (κ2) is 5.17. The molecule has 0 aliphatic carbocycles. The van der Waals surface area contributed by atoms with Gasteiger partial charge in [-0.25, -0.2) is 0 Å². The zero-order valence-electron chi connectivity index (χ0n) is 11.1. The van der Waals surface area contributed by atoms with Crippen LogP contribution < -0.4 is 5.73 Å². The molecule has 1 aliphatic rings. The highest BCUT2D eigenvalue weighted by molar-refractivity contribution is 5.79. The average molecular weight is 226 g/mol. The molecule has 1 aliphatic heterocycles. The Hall–Kier alpha value is -0.570. The highest BCUT2D eigenvalue weighted by Gasteiger charge is 2.33. The van der Waals surface area contributed by atoms with Crippen molar-refractivity contribution in [1.29, 1.82) is 0 Å². The number of carbonyl (C=O) groups is 1. The van der Waals surface area contributed by atoms with Gasteiger partial charge in [0.15, 0.2) is 0 Å². The Morgan fingerprint density at radius 1 is 1.50 bits per heavy atom. The first-order valence-electron chi connectivity index (χ1n) is 6.35. The van der Waals surface area contributed by atoms with Gasteiger partial charge in [-0.2, -0.15) is 0 Å². The van der Waals surface area contributed by atoms with Crippen LogP contribution in [0.5, 0.6) is 0 Å². The Morgan fingerprint density at radius 2 is 2.12 bits per heavy atom. The summed E-state index contributed by atoms with van der Waals surface area (Å²) in [4.78, 5) is 14.2. The van der Waals surface area contributed by atoms with E-state index in [0.29, 0.717) is 18.0 Å². The zero-order valence-corrected chi connectivity index (χ0v) is 11.1. The summed E-state index contributed by atoms with van der Waals surface area (Å²) in [6, 6.07) is 0.432. The van der Waals surface area contributed by atoms with Crippen LogP contribution in [0.3, 0.4) is 0 Å². The van der Waals surface area contributed by atoms with Crippen LogP contribution in [0.1, 0.15) is 47.0 Å². The first-order chi connectivity index (χ1) is 7.35. The number of nitrogens with zero attached hydrogens (tertiary/aromatic N) is 1. The molecule has 1 amide bonds. The van der Waals surface area contributed by atoms with Crippen LogP contribution in [0.15, 0.2) is 0 Å². The van der Waals surface area contributed by atoms with Crippen LogP contribution in [0, 0.1) is 11.3 Å². The van der Waals surface area contributed by atoms with Crippen molar-refractivity contribution in [2.24, 2.45) is 17.1 Å². The van der Waals surface area contributed by atoms with E-state index in [4.69, 9.17) is 5.73 Å². The maximum atomic E-state index is 12.1. The molecule has 0 saturated carbocycles. The lowest BCUT2D eigenvalue weighted by Crippen LogP contribution is -2.42. The summed E-state index contributed by atoms with van der Waals surface area (Å²) in [6.45, 7) is 10.0. The highest BCUT2D eigenvalue weighted by atomic mass is 16.2. The van der Waals surface area contributed by atoms with Gasteiger partial charge in [-0.05, 0) is 24.7 Å². The number of nitrogens with two attached hydrogens (primary N) is 1. The van der Waals surface area contributed by atoms with Crippen LogP contribution in [0.4, 0.5) is 0 Å². The van der Waals surface area contributed by atoms with E-state index in [1.807, 2.05) is 6.92 Å². The summed E-state index contributed by atoms with van der Waals surface area (Å²) in [5, 5.41) is 0. The van der Waals surface area contributed by atoms with E-state index < -0.39 is 0 Å². The van der Waals surface area contributed by atoms with Crippen LogP contribution in [-0.4, -0.2) is 29.9 Å². The number of rotatable bonds is 3. The third kappa shape index (κ3) is 3.48. The molecule has 3 nitrogen and oxygen atoms in total. The van der Waals surface area contributed by atoms with E-state index in [9.17, 15) is 4.79 Å². The van der Waals surface area contributed by atoms with Crippen molar-refractivity contribution in [3.8, 4) is 0 Å². The van der Waals surface area contributed by atoms with Gasteiger partial charge in [-0.3, -0.25) is 4.79 Å². The molecule has 16 heavy (non-hydrogen) atoms. The number of carbonyl (C=O) groups excluding carboxylic acids is 1. The summed E-state index contributed by atoms with van der Waals surface area (Å²) in [5.74, 6) is 0.217. The third-order valence-corrected chi connectivity index (χ3v) is 3.28. The van der Waals surface area contributed by atoms with E-state index >= 15 is 0 Å². The van der Waals surface area contributed by atoms with Gasteiger partial charge in [0.05, 0.1) is 0 Å². The molecule has 0 bridgehead atoms. The number of likely N-dealkylation sites (tertiary alicyclic amines) is 1. The first kappa shape index (κ1) is 13.5. The molecule has 0 aromatic rings. The summed E-state index contributed by atoms with van der Waals surface area (Å²) in [5.41, 5.74) is 5.86. The molecule has 2 atom stereocenters. The normalized spacial score (nSPS) is 23.6. The lowest BCUT2D eigenvalue weighted by Gasteiger charge is -2.31. The predicted octanol–water partition coefficient (Wildman–Crippen LogP) is 2.01. The molecule has 0 spiro atoms. The fourth-order valence-electron chi connectivity index (χ4n) is 2.43. The van der Waals surface area contributed by atoms with Crippen molar-refractivity contribution in [1.82, 2.24) is 4.90 Å². The molecular weight excluding hydrogens is 200 g/mol. The van der Waals surface area contributed by atoms with Crippen LogP contribution in [0.25, 0.3) is 0 Å². The zero-order chi connectivity index (χ0) is 12.3. The van der Waals surface area contributed by atoms with Gasteiger partial charge in [-0.1, -0.05) is 27.7 Å². The second-order valence-corrected chi connectivity index (χ2v) is 6.23. The van der Waals surface area contributed by atoms with Gasteiger partial charge in [0.1, 0.15) is 0 Å². The molecule has 0 aromatic carbocycles. The van der Waals surface area contributed by atoms with Crippen LogP contribution in [-0.2, 0) is 4.79 Å². The molecule has 1 heterocycles. The third-order valence-electron chi connectivity index (χ3n) is 3.28. The quantitative estimate of drug-likeness (QED) is 0.800. The van der Waals surface area contributed by atoms with Crippen LogP contribution in [0.2, 0.25) is 0 Å². The number of amides is 1. The van der Waals surface area contributed by atoms with Crippen molar-refractivity contribution in [3.63, 3.8) is 0 Å². The number of hydrogen-bond acceptors (Lipinski definition) is 2. The minimum absolute atomic E-state index is 0.0273. The minimum Gasteiger partial charge on any atom is -0.339 e. The summed E-state index contributed by atoms with van der Waals surface area (Å²) in [7, 11) is 0. The van der Waals surface area contributed by atoms with Crippen molar-refractivity contribution < 1.29 is 4.79 Å². The minimum atomic E-state index is -0.0273. The topological polar surface area (TPSA) is 46.3 Å². The second-order valence-electron chi connectivity index (χ2n) is 6.23. The fourth-order valence-corrected chi connectivity index (χ4v) is 2.43. The van der Waals surface area contributed by atoms with E-state index in [-0.39, 0.29) is 11.8 Å². The Labute approximate surface area is 99.4 Å². The lowest BCUT2D eigenvalue weighted by molar-refractivity contribution is -0.135. The van der Waals surface area contributed by atoms with Crippen LogP contribution >= 0.6 is 0 Å². The molecule has 94 valence electrons. The average Bonchev–Trinajstić information content (AvgIpc) is 2.60. The predicted molar refractivity (Wildman–Crippen MR) is 67.0 cm³/mol. The van der Waals surface area contributed by atoms with Gasteiger partial charge >= 0.3 is 0 Å². The van der Waals surface area contributed by atoms with E-state index in [0.717, 1.165) is 25.8 Å².